The van der Waals surface area contributed by atoms with E-state index < -0.39 is 22.9 Å². The van der Waals surface area contributed by atoms with Crippen LogP contribution in [0.5, 0.6) is 11.6 Å². The van der Waals surface area contributed by atoms with Gasteiger partial charge in [-0.05, 0) is 66.9 Å². The maximum atomic E-state index is 13.2. The van der Waals surface area contributed by atoms with Crippen LogP contribution >= 0.6 is 0 Å². The van der Waals surface area contributed by atoms with Crippen LogP contribution in [0.1, 0.15) is 106 Å². The zero-order valence-electron chi connectivity index (χ0n) is 29.0. The number of aromatic hydroxyl groups is 1. The Morgan fingerprint density at radius 1 is 0.820 bits per heavy atom. The molecule has 0 aliphatic carbocycles. The van der Waals surface area contributed by atoms with Gasteiger partial charge in [0.15, 0.2) is 12.2 Å². The number of aromatic nitrogens is 4. The van der Waals surface area contributed by atoms with E-state index in [2.05, 4.69) is 28.4 Å². The van der Waals surface area contributed by atoms with Gasteiger partial charge >= 0.3 is 0 Å². The van der Waals surface area contributed by atoms with E-state index in [0.717, 1.165) is 17.5 Å². The number of para-hydroxylation sites is 2. The lowest BCUT2D eigenvalue weighted by Gasteiger charge is -2.10. The number of hydrogen-bond donors (Lipinski definition) is 3. The van der Waals surface area contributed by atoms with Gasteiger partial charge < -0.3 is 15.2 Å². The van der Waals surface area contributed by atoms with Crippen LogP contribution in [0.2, 0.25) is 0 Å². The molecule has 264 valence electrons. The topological polar surface area (TPSA) is 131 Å². The molecule has 0 saturated carbocycles. The van der Waals surface area contributed by atoms with Gasteiger partial charge in [-0.25, -0.2) is 9.67 Å². The minimum Gasteiger partial charge on any atom is -0.493 e. The first kappa shape index (κ1) is 36.2. The fraction of sp³-hybridized carbons (Fsp3) is 0.400. The number of H-pyrrole nitrogens is 1. The maximum absolute atomic E-state index is 13.2. The molecular formula is C40H49N5O5. The van der Waals surface area contributed by atoms with Gasteiger partial charge in [-0.2, -0.15) is 0 Å². The number of hydrogen-bond acceptors (Lipinski definition) is 6. The van der Waals surface area contributed by atoms with Gasteiger partial charge in [0.1, 0.15) is 12.1 Å². The number of ether oxygens (including phenoxy) is 1. The van der Waals surface area contributed by atoms with Gasteiger partial charge in [0.05, 0.1) is 16.7 Å². The number of aryl methyl sites for hydroxylation is 1. The number of benzene rings is 3. The fourth-order valence-corrected chi connectivity index (χ4v) is 6.22. The second kappa shape index (κ2) is 18.6. The number of carbonyl (C=O) groups excluding carboxylic acids is 2. The Kier molecular flexibility index (Phi) is 13.4. The van der Waals surface area contributed by atoms with Crippen LogP contribution in [0.3, 0.4) is 0 Å². The summed E-state index contributed by atoms with van der Waals surface area (Å²) in [6.45, 7) is 2.11. The number of rotatable bonds is 20. The molecule has 0 saturated heterocycles. The predicted molar refractivity (Wildman–Crippen MR) is 197 cm³/mol. The molecule has 10 nitrogen and oxygen atoms in total. The number of nitrogens with zero attached hydrogens (tertiary/aromatic N) is 3. The van der Waals surface area contributed by atoms with E-state index in [1.54, 1.807) is 48.5 Å². The quantitative estimate of drug-likeness (QED) is 0.0707. The van der Waals surface area contributed by atoms with Crippen molar-refractivity contribution in [1.29, 1.82) is 0 Å². The van der Waals surface area contributed by atoms with E-state index in [9.17, 15) is 19.5 Å². The summed E-state index contributed by atoms with van der Waals surface area (Å²) in [5, 5.41) is 15.8. The highest BCUT2D eigenvalue weighted by Gasteiger charge is 2.24. The van der Waals surface area contributed by atoms with Crippen molar-refractivity contribution in [3.05, 3.63) is 101 Å². The summed E-state index contributed by atoms with van der Waals surface area (Å²) in [6.07, 6.45) is 19.6. The molecule has 0 unspecified atom stereocenters. The van der Waals surface area contributed by atoms with E-state index in [-0.39, 0.29) is 12.5 Å². The van der Waals surface area contributed by atoms with Crippen LogP contribution in [-0.2, 0) is 11.2 Å². The molecule has 1 amide bonds. The average Bonchev–Trinajstić information content (AvgIpc) is 3.69. The highest BCUT2D eigenvalue weighted by atomic mass is 16.5. The molecule has 5 rings (SSSR count). The lowest BCUT2D eigenvalue weighted by molar-refractivity contribution is -0.118. The Balaban J connectivity index is 1.03. The van der Waals surface area contributed by atoms with Crippen LogP contribution in [0.25, 0.3) is 16.7 Å². The molecular weight excluding hydrogens is 630 g/mol. The lowest BCUT2D eigenvalue weighted by Crippen LogP contribution is -2.23. The zero-order valence-corrected chi connectivity index (χ0v) is 29.0. The Morgan fingerprint density at radius 3 is 2.18 bits per heavy atom. The Morgan fingerprint density at radius 2 is 1.48 bits per heavy atom. The Hall–Kier alpha value is -5.12. The first-order chi connectivity index (χ1) is 24.4. The number of nitrogens with one attached hydrogen (secondary N) is 2. The smallest absolute Gasteiger partial charge is 0.288 e. The van der Waals surface area contributed by atoms with E-state index >= 15 is 0 Å². The zero-order chi connectivity index (χ0) is 35.1. The van der Waals surface area contributed by atoms with Crippen LogP contribution in [0.4, 0.5) is 5.69 Å². The van der Waals surface area contributed by atoms with Crippen molar-refractivity contribution in [1.82, 2.24) is 19.3 Å². The van der Waals surface area contributed by atoms with Crippen molar-refractivity contribution in [2.24, 2.45) is 0 Å². The van der Waals surface area contributed by atoms with Gasteiger partial charge in [0, 0.05) is 5.69 Å². The third-order valence-electron chi connectivity index (χ3n) is 9.00. The number of aromatic amines is 1. The molecule has 2 heterocycles. The van der Waals surface area contributed by atoms with Crippen LogP contribution in [-0.4, -0.2) is 42.9 Å². The molecule has 3 aromatic carbocycles. The Labute approximate surface area is 293 Å². The molecule has 50 heavy (non-hydrogen) atoms. The summed E-state index contributed by atoms with van der Waals surface area (Å²) < 4.78 is 8.07. The van der Waals surface area contributed by atoms with Gasteiger partial charge in [-0.15, -0.1) is 0 Å². The number of carbonyl (C=O) groups is 2. The third kappa shape index (κ3) is 9.96. The molecule has 0 aliphatic heterocycles. The predicted octanol–water partition coefficient (Wildman–Crippen LogP) is 8.56. The molecule has 0 aliphatic rings. The SMILES string of the molecule is CCCCCCCCCCCCCCCc1cccc(OCC(=O)Nc2ccc(-n3[nH]c(O)c(C(=O)n4cnc5ccccc54)c3=O)cc2)c1. The highest BCUT2D eigenvalue weighted by molar-refractivity contribution is 6.02. The average molecular weight is 680 g/mol. The van der Waals surface area contributed by atoms with E-state index in [0.29, 0.717) is 28.2 Å². The normalized spacial score (nSPS) is 11.2. The maximum Gasteiger partial charge on any atom is 0.288 e. The number of anilines is 1. The van der Waals surface area contributed by atoms with Crippen molar-refractivity contribution in [2.45, 2.75) is 96.8 Å². The van der Waals surface area contributed by atoms with Crippen molar-refractivity contribution in [2.75, 3.05) is 11.9 Å². The molecule has 2 aromatic heterocycles. The van der Waals surface area contributed by atoms with E-state index in [1.807, 2.05) is 18.2 Å². The Bertz CT molecular complexity index is 1890. The number of imidazole rings is 1. The van der Waals surface area contributed by atoms with Crippen molar-refractivity contribution in [3.8, 4) is 17.3 Å². The molecule has 5 aromatic rings. The van der Waals surface area contributed by atoms with Crippen LogP contribution in [0.15, 0.2) is 83.9 Å². The lowest BCUT2D eigenvalue weighted by atomic mass is 10.0. The molecule has 0 spiro atoms. The summed E-state index contributed by atoms with van der Waals surface area (Å²) in [7, 11) is 0. The second-order valence-corrected chi connectivity index (χ2v) is 12.9. The number of unbranched alkanes of at least 4 members (excludes halogenated alkanes) is 12. The van der Waals surface area contributed by atoms with Gasteiger partial charge in [-0.1, -0.05) is 108 Å². The summed E-state index contributed by atoms with van der Waals surface area (Å²) in [5.74, 6) is -0.927. The molecule has 3 N–H and O–H groups in total. The molecule has 0 radical (unpaired) electrons. The minimum absolute atomic E-state index is 0.150. The third-order valence-corrected chi connectivity index (χ3v) is 9.00. The summed E-state index contributed by atoms with van der Waals surface area (Å²) in [5.41, 5.74) is 2.06. The number of fused-ring (bicyclic) bond motifs is 1. The van der Waals surface area contributed by atoms with Crippen molar-refractivity contribution < 1.29 is 19.4 Å². The van der Waals surface area contributed by atoms with Crippen molar-refractivity contribution in [3.63, 3.8) is 0 Å². The van der Waals surface area contributed by atoms with Gasteiger partial charge in [0.25, 0.3) is 17.4 Å². The largest absolute Gasteiger partial charge is 0.493 e. The molecule has 0 fully saturated rings. The number of amides is 1. The standard InChI is InChI=1S/C40H49N5O5/c1-2-3-4-5-6-7-8-9-10-11-12-13-14-18-30-19-17-20-33(27-30)50-28-36(46)42-31-23-25-32(26-24-31)45-40(49)37(38(47)43-45)39(48)44-29-41-34-21-15-16-22-35(34)44/h15-17,19-27,29,43,47H,2-14,18,28H2,1H3,(H,42,46). The highest BCUT2D eigenvalue weighted by Crippen LogP contribution is 2.20. The summed E-state index contributed by atoms with van der Waals surface area (Å²) in [6, 6.07) is 21.4. The molecule has 0 bridgehead atoms. The molecule has 0 atom stereocenters. The summed E-state index contributed by atoms with van der Waals surface area (Å²) in [4.78, 5) is 43.2. The second-order valence-electron chi connectivity index (χ2n) is 12.9. The van der Waals surface area contributed by atoms with E-state index in [4.69, 9.17) is 4.74 Å². The molecule has 10 heteroatoms. The van der Waals surface area contributed by atoms with Crippen molar-refractivity contribution >= 4 is 28.5 Å². The summed E-state index contributed by atoms with van der Waals surface area (Å²) >= 11 is 0. The monoisotopic (exact) mass is 679 g/mol. The van der Waals surface area contributed by atoms with E-state index in [1.165, 1.54) is 93.5 Å². The minimum atomic E-state index is -0.716. The first-order valence-electron chi connectivity index (χ1n) is 18.1. The van der Waals surface area contributed by atoms with Crippen LogP contribution in [0, 0.1) is 0 Å². The van der Waals surface area contributed by atoms with Crippen LogP contribution < -0.4 is 15.6 Å². The van der Waals surface area contributed by atoms with Gasteiger partial charge in [-0.3, -0.25) is 24.0 Å². The fourth-order valence-electron chi connectivity index (χ4n) is 6.22. The first-order valence-corrected chi connectivity index (χ1v) is 18.1. The van der Waals surface area contributed by atoms with Gasteiger partial charge in [0.2, 0.25) is 5.88 Å².